The quantitative estimate of drug-likeness (QED) is 0.316. The van der Waals surface area contributed by atoms with E-state index in [1.165, 1.54) is 25.7 Å². The fourth-order valence-corrected chi connectivity index (χ4v) is 2.83. The molecule has 1 aliphatic carbocycles. The molecule has 4 nitrogen and oxygen atoms in total. The lowest BCUT2D eigenvalue weighted by atomic mass is 10.0. The second-order valence-electron chi connectivity index (χ2n) is 4.63. The zero-order chi connectivity index (χ0) is 12.0. The molecule has 1 unspecified atom stereocenters. The van der Waals surface area contributed by atoms with E-state index in [2.05, 4.69) is 23.9 Å². The van der Waals surface area contributed by atoms with Crippen LogP contribution < -0.4 is 5.73 Å². The van der Waals surface area contributed by atoms with Crippen molar-refractivity contribution in [3.05, 3.63) is 0 Å². The van der Waals surface area contributed by atoms with Gasteiger partial charge in [0.25, 0.3) is 0 Å². The first-order chi connectivity index (χ1) is 7.72. The van der Waals surface area contributed by atoms with Gasteiger partial charge in [-0.1, -0.05) is 31.8 Å². The van der Waals surface area contributed by atoms with Crippen molar-refractivity contribution in [3.8, 4) is 0 Å². The van der Waals surface area contributed by atoms with Crippen molar-refractivity contribution in [3.63, 3.8) is 0 Å². The first-order valence-corrected chi connectivity index (χ1v) is 6.45. The number of oxime groups is 1. The van der Waals surface area contributed by atoms with Crippen LogP contribution in [0.5, 0.6) is 0 Å². The van der Waals surface area contributed by atoms with E-state index in [9.17, 15) is 0 Å². The summed E-state index contributed by atoms with van der Waals surface area (Å²) in [4.78, 5) is 2.53. The Morgan fingerprint density at radius 2 is 2.06 bits per heavy atom. The lowest BCUT2D eigenvalue weighted by molar-refractivity contribution is 0.142. The molecule has 0 aliphatic heterocycles. The summed E-state index contributed by atoms with van der Waals surface area (Å²) >= 11 is 0. The standard InChI is InChI=1S/C12H25N3O/c1-3-10(9-12(13)14-16)15(4-2)11-7-5-6-8-11/h10-11,16H,3-9H2,1-2H3,(H2,13,14). The Morgan fingerprint density at radius 1 is 1.44 bits per heavy atom. The predicted octanol–water partition coefficient (Wildman–Crippen LogP) is 2.17. The first kappa shape index (κ1) is 13.3. The Bertz CT molecular complexity index is 224. The highest BCUT2D eigenvalue weighted by atomic mass is 16.4. The summed E-state index contributed by atoms with van der Waals surface area (Å²) in [5.74, 6) is 0.350. The minimum Gasteiger partial charge on any atom is -0.409 e. The summed E-state index contributed by atoms with van der Waals surface area (Å²) in [5, 5.41) is 11.7. The van der Waals surface area contributed by atoms with E-state index >= 15 is 0 Å². The zero-order valence-electron chi connectivity index (χ0n) is 10.5. The fourth-order valence-electron chi connectivity index (χ4n) is 2.83. The highest BCUT2D eigenvalue weighted by molar-refractivity contribution is 5.80. The van der Waals surface area contributed by atoms with Crippen molar-refractivity contribution in [1.82, 2.24) is 4.90 Å². The summed E-state index contributed by atoms with van der Waals surface area (Å²) in [6.45, 7) is 5.43. The normalized spacial score (nSPS) is 20.6. The number of hydrogen-bond donors (Lipinski definition) is 2. The molecule has 0 heterocycles. The van der Waals surface area contributed by atoms with Crippen LogP contribution in [0.2, 0.25) is 0 Å². The summed E-state index contributed by atoms with van der Waals surface area (Å²) in [5.41, 5.74) is 5.61. The maximum Gasteiger partial charge on any atom is 0.140 e. The van der Waals surface area contributed by atoms with E-state index in [4.69, 9.17) is 10.9 Å². The first-order valence-electron chi connectivity index (χ1n) is 6.45. The van der Waals surface area contributed by atoms with E-state index in [0.29, 0.717) is 24.3 Å². The van der Waals surface area contributed by atoms with E-state index in [1.54, 1.807) is 0 Å². The molecule has 1 fully saturated rings. The molecule has 0 aromatic rings. The Kier molecular flexibility index (Phi) is 5.60. The van der Waals surface area contributed by atoms with Crippen LogP contribution in [-0.2, 0) is 0 Å². The van der Waals surface area contributed by atoms with Crippen LogP contribution in [0.15, 0.2) is 5.16 Å². The van der Waals surface area contributed by atoms with Gasteiger partial charge >= 0.3 is 0 Å². The minimum atomic E-state index is 0.350. The molecule has 16 heavy (non-hydrogen) atoms. The van der Waals surface area contributed by atoms with Crippen LogP contribution in [0.4, 0.5) is 0 Å². The van der Waals surface area contributed by atoms with E-state index in [0.717, 1.165) is 13.0 Å². The van der Waals surface area contributed by atoms with Crippen molar-refractivity contribution in [2.24, 2.45) is 10.9 Å². The van der Waals surface area contributed by atoms with Crippen LogP contribution in [0.1, 0.15) is 52.4 Å². The van der Waals surface area contributed by atoms with E-state index in [-0.39, 0.29) is 0 Å². The topological polar surface area (TPSA) is 61.9 Å². The van der Waals surface area contributed by atoms with Gasteiger partial charge < -0.3 is 10.9 Å². The lowest BCUT2D eigenvalue weighted by Crippen LogP contribution is -2.43. The van der Waals surface area contributed by atoms with Crippen molar-refractivity contribution >= 4 is 5.84 Å². The highest BCUT2D eigenvalue weighted by Gasteiger charge is 2.27. The van der Waals surface area contributed by atoms with Gasteiger partial charge in [0.15, 0.2) is 0 Å². The van der Waals surface area contributed by atoms with Gasteiger partial charge in [-0.3, -0.25) is 4.90 Å². The second-order valence-corrected chi connectivity index (χ2v) is 4.63. The van der Waals surface area contributed by atoms with Crippen LogP contribution >= 0.6 is 0 Å². The Morgan fingerprint density at radius 3 is 2.50 bits per heavy atom. The third-order valence-electron chi connectivity index (χ3n) is 3.67. The third kappa shape index (κ3) is 3.37. The molecular formula is C12H25N3O. The number of amidine groups is 1. The molecule has 0 radical (unpaired) electrons. The van der Waals surface area contributed by atoms with E-state index in [1.807, 2.05) is 0 Å². The van der Waals surface area contributed by atoms with Crippen molar-refractivity contribution in [1.29, 1.82) is 0 Å². The minimum absolute atomic E-state index is 0.350. The summed E-state index contributed by atoms with van der Waals surface area (Å²) < 4.78 is 0. The van der Waals surface area contributed by atoms with Crippen LogP contribution in [0.25, 0.3) is 0 Å². The summed E-state index contributed by atoms with van der Waals surface area (Å²) in [6.07, 6.45) is 7.04. The van der Waals surface area contributed by atoms with Crippen LogP contribution in [0, 0.1) is 0 Å². The number of rotatable bonds is 6. The molecule has 0 aromatic carbocycles. The van der Waals surface area contributed by atoms with Gasteiger partial charge in [-0.25, -0.2) is 0 Å². The molecule has 3 N–H and O–H groups in total. The fraction of sp³-hybridized carbons (Fsp3) is 0.917. The SMILES string of the molecule is CCC(C/C(N)=N/O)N(CC)C1CCCC1. The zero-order valence-corrected chi connectivity index (χ0v) is 10.5. The molecule has 0 spiro atoms. The molecule has 0 aromatic heterocycles. The molecule has 1 saturated carbocycles. The van der Waals surface area contributed by atoms with Crippen molar-refractivity contribution in [2.75, 3.05) is 6.54 Å². The Hall–Kier alpha value is -0.770. The molecule has 94 valence electrons. The molecule has 1 rings (SSSR count). The molecule has 1 aliphatic rings. The van der Waals surface area contributed by atoms with Gasteiger partial charge in [0, 0.05) is 18.5 Å². The lowest BCUT2D eigenvalue weighted by Gasteiger charge is -2.35. The number of nitrogens with two attached hydrogens (primary N) is 1. The molecule has 0 amide bonds. The molecule has 1 atom stereocenters. The van der Waals surface area contributed by atoms with Gasteiger partial charge in [-0.05, 0) is 25.8 Å². The third-order valence-corrected chi connectivity index (χ3v) is 3.67. The predicted molar refractivity (Wildman–Crippen MR) is 66.7 cm³/mol. The maximum atomic E-state index is 8.64. The average molecular weight is 227 g/mol. The van der Waals surface area contributed by atoms with Gasteiger partial charge in [-0.2, -0.15) is 0 Å². The van der Waals surface area contributed by atoms with Gasteiger partial charge in [0.1, 0.15) is 5.84 Å². The summed E-state index contributed by atoms with van der Waals surface area (Å²) in [6, 6.07) is 1.13. The van der Waals surface area contributed by atoms with Crippen molar-refractivity contribution < 1.29 is 5.21 Å². The Balaban J connectivity index is 2.59. The average Bonchev–Trinajstić information content (AvgIpc) is 2.82. The molecule has 4 heteroatoms. The smallest absolute Gasteiger partial charge is 0.140 e. The van der Waals surface area contributed by atoms with E-state index < -0.39 is 0 Å². The van der Waals surface area contributed by atoms with Crippen LogP contribution in [-0.4, -0.2) is 34.6 Å². The Labute approximate surface area is 98.5 Å². The largest absolute Gasteiger partial charge is 0.409 e. The number of hydrogen-bond acceptors (Lipinski definition) is 3. The molecular weight excluding hydrogens is 202 g/mol. The van der Waals surface area contributed by atoms with Crippen molar-refractivity contribution in [2.45, 2.75) is 64.5 Å². The molecule has 0 bridgehead atoms. The van der Waals surface area contributed by atoms with Gasteiger partial charge in [-0.15, -0.1) is 0 Å². The van der Waals surface area contributed by atoms with Gasteiger partial charge in [0.05, 0.1) is 0 Å². The maximum absolute atomic E-state index is 8.64. The van der Waals surface area contributed by atoms with Crippen LogP contribution in [0.3, 0.4) is 0 Å². The monoisotopic (exact) mass is 227 g/mol. The highest BCUT2D eigenvalue weighted by Crippen LogP contribution is 2.26. The second kappa shape index (κ2) is 6.74. The van der Waals surface area contributed by atoms with Gasteiger partial charge in [0.2, 0.25) is 0 Å². The molecule has 0 saturated heterocycles. The number of nitrogens with zero attached hydrogens (tertiary/aromatic N) is 2. The summed E-state index contributed by atoms with van der Waals surface area (Å²) in [7, 11) is 0.